The van der Waals surface area contributed by atoms with E-state index in [1.54, 1.807) is 12.1 Å². The minimum atomic E-state index is -4.77. The lowest BCUT2D eigenvalue weighted by atomic mass is 9.33. The van der Waals surface area contributed by atoms with Gasteiger partial charge in [-0.3, -0.25) is 0 Å². The first-order valence-corrected chi connectivity index (χ1v) is 28.2. The van der Waals surface area contributed by atoms with Crippen molar-refractivity contribution < 1.29 is 13.2 Å². The maximum atomic E-state index is 15.1. The lowest BCUT2D eigenvalue weighted by Gasteiger charge is -2.45. The van der Waals surface area contributed by atoms with E-state index < -0.39 is 11.7 Å². The van der Waals surface area contributed by atoms with Crippen LogP contribution in [0.5, 0.6) is 0 Å². The van der Waals surface area contributed by atoms with Crippen LogP contribution in [0.25, 0.3) is 54.6 Å². The van der Waals surface area contributed by atoms with Crippen molar-refractivity contribution in [2.75, 3.05) is 9.80 Å². The van der Waals surface area contributed by atoms with Gasteiger partial charge in [0.2, 0.25) is 0 Å². The Morgan fingerprint density at radius 3 is 1.45 bits per heavy atom. The lowest BCUT2D eigenvalue weighted by molar-refractivity contribution is -0.137. The topological polar surface area (TPSA) is 39.6 Å². The highest BCUT2D eigenvalue weighted by Crippen LogP contribution is 2.50. The van der Waals surface area contributed by atoms with Crippen molar-refractivity contribution >= 4 is 84.7 Å². The third kappa shape index (κ3) is 9.03. The number of hydrogen-bond donors (Lipinski definition) is 0. The van der Waals surface area contributed by atoms with Crippen molar-refractivity contribution in [1.82, 2.24) is 4.57 Å². The predicted molar refractivity (Wildman–Crippen MR) is 336 cm³/mol. The van der Waals surface area contributed by atoms with Crippen molar-refractivity contribution in [2.24, 2.45) is 0 Å². The molecule has 1 aromatic heterocycles. The zero-order chi connectivity index (χ0) is 58.2. The van der Waals surface area contributed by atoms with Crippen LogP contribution in [-0.2, 0) is 27.8 Å². The van der Waals surface area contributed by atoms with Crippen LogP contribution in [0.3, 0.4) is 0 Å². The Hall–Kier alpha value is -8.79. The molecule has 0 aliphatic carbocycles. The molecular formula is C73H65BF3N5. The van der Waals surface area contributed by atoms with Crippen LogP contribution in [-0.4, -0.2) is 11.3 Å². The molecule has 10 aromatic rings. The number of benzene rings is 9. The van der Waals surface area contributed by atoms with Gasteiger partial charge in [-0.1, -0.05) is 168 Å². The summed E-state index contributed by atoms with van der Waals surface area (Å²) in [5, 5.41) is 12.0. The number of hydrogen-bond acceptors (Lipinski definition) is 3. The second-order valence-electron chi connectivity index (χ2n) is 26.5. The summed E-state index contributed by atoms with van der Waals surface area (Å²) >= 11 is 0. The normalized spacial score (nSPS) is 13.5. The van der Waals surface area contributed by atoms with E-state index >= 15 is 13.2 Å². The Labute approximate surface area is 480 Å². The molecule has 406 valence electrons. The van der Waals surface area contributed by atoms with E-state index in [0.29, 0.717) is 5.69 Å². The molecule has 0 radical (unpaired) electrons. The van der Waals surface area contributed by atoms with Crippen LogP contribution in [0, 0.1) is 17.9 Å². The van der Waals surface area contributed by atoms with E-state index in [1.165, 1.54) is 56.8 Å². The number of rotatable bonds is 5. The fourth-order valence-electron chi connectivity index (χ4n) is 12.3. The molecule has 12 rings (SSSR count). The van der Waals surface area contributed by atoms with Gasteiger partial charge in [0.15, 0.2) is 5.69 Å². The Bertz CT molecular complexity index is 4150. The summed E-state index contributed by atoms with van der Waals surface area (Å²) in [5.41, 5.74) is 18.0. The number of fused-ring (bicyclic) bond motifs is 7. The second kappa shape index (κ2) is 18.9. The van der Waals surface area contributed by atoms with Crippen LogP contribution in [0.15, 0.2) is 176 Å². The molecule has 2 aliphatic heterocycles. The first kappa shape index (κ1) is 53.8. The number of halogens is 3. The van der Waals surface area contributed by atoms with E-state index in [4.69, 9.17) is 6.57 Å². The summed E-state index contributed by atoms with van der Waals surface area (Å²) in [6.07, 6.45) is -4.77. The molecule has 0 unspecified atom stereocenters. The van der Waals surface area contributed by atoms with Crippen molar-refractivity contribution in [3.63, 3.8) is 0 Å². The Kier molecular flexibility index (Phi) is 12.4. The highest BCUT2D eigenvalue weighted by molar-refractivity contribution is 7.00. The minimum Gasteiger partial charge on any atom is -0.311 e. The van der Waals surface area contributed by atoms with Gasteiger partial charge in [0.1, 0.15) is 0 Å². The molecule has 9 aromatic carbocycles. The number of nitrogens with zero attached hydrogens (tertiary/aromatic N) is 5. The summed E-state index contributed by atoms with van der Waals surface area (Å²) in [6, 6.07) is 62.1. The van der Waals surface area contributed by atoms with Gasteiger partial charge in [0.25, 0.3) is 6.71 Å². The summed E-state index contributed by atoms with van der Waals surface area (Å²) in [5.74, 6) is 0. The van der Waals surface area contributed by atoms with E-state index in [0.717, 1.165) is 73.1 Å². The quantitative estimate of drug-likeness (QED) is 0.127. The van der Waals surface area contributed by atoms with Gasteiger partial charge < -0.3 is 14.4 Å². The Balaban J connectivity index is 1.17. The molecule has 3 heterocycles. The molecule has 0 fully saturated rings. The van der Waals surface area contributed by atoms with Crippen LogP contribution < -0.4 is 26.2 Å². The van der Waals surface area contributed by atoms with E-state index in [1.807, 2.05) is 22.8 Å². The molecule has 0 atom stereocenters. The van der Waals surface area contributed by atoms with Gasteiger partial charge in [-0.15, -0.1) is 0 Å². The van der Waals surface area contributed by atoms with Crippen molar-refractivity contribution in [3.05, 3.63) is 221 Å². The van der Waals surface area contributed by atoms with Gasteiger partial charge in [0.05, 0.1) is 40.5 Å². The van der Waals surface area contributed by atoms with Crippen LogP contribution in [0.4, 0.5) is 53.0 Å². The Morgan fingerprint density at radius 2 is 0.951 bits per heavy atom. The molecule has 0 spiro atoms. The zero-order valence-corrected chi connectivity index (χ0v) is 48.7. The maximum Gasteiger partial charge on any atom is 0.415 e. The number of para-hydroxylation sites is 3. The molecule has 0 saturated carbocycles. The zero-order valence-electron chi connectivity index (χ0n) is 48.7. The van der Waals surface area contributed by atoms with E-state index in [-0.39, 0.29) is 50.8 Å². The highest BCUT2D eigenvalue weighted by Gasteiger charge is 2.44. The fourth-order valence-corrected chi connectivity index (χ4v) is 12.3. The molecule has 0 amide bonds. The third-order valence-corrected chi connectivity index (χ3v) is 16.8. The van der Waals surface area contributed by atoms with Crippen LogP contribution in [0.1, 0.15) is 116 Å². The van der Waals surface area contributed by atoms with Gasteiger partial charge in [-0.05, 0) is 168 Å². The third-order valence-electron chi connectivity index (χ3n) is 16.8. The molecular weight excluding hydrogens is 1010 g/mol. The fraction of sp³-hybridized carbons (Fsp3) is 0.233. The number of anilines is 6. The van der Waals surface area contributed by atoms with Crippen LogP contribution >= 0.6 is 0 Å². The summed E-state index contributed by atoms with van der Waals surface area (Å²) in [4.78, 5) is 8.35. The van der Waals surface area contributed by atoms with Crippen molar-refractivity contribution in [3.8, 4) is 34.0 Å². The van der Waals surface area contributed by atoms with Crippen LogP contribution in [0.2, 0.25) is 0 Å². The molecule has 9 heteroatoms. The molecule has 0 N–H and O–H groups in total. The maximum absolute atomic E-state index is 15.1. The molecule has 2 aliphatic rings. The van der Waals surface area contributed by atoms with Crippen molar-refractivity contribution in [1.29, 1.82) is 5.26 Å². The van der Waals surface area contributed by atoms with Gasteiger partial charge >= 0.3 is 6.18 Å². The first-order valence-electron chi connectivity index (χ1n) is 28.2. The summed E-state index contributed by atoms with van der Waals surface area (Å²) in [7, 11) is 0. The number of alkyl halides is 3. The monoisotopic (exact) mass is 1080 g/mol. The highest BCUT2D eigenvalue weighted by atomic mass is 19.4. The standard InChI is InChI=1S/C73H65BF3N5/c1-69(2,3)47-36-48(70(4,5)6)39-52(38-47)80-64-24-18-15-21-59(64)74-60-22-16-19-25-65(60)81(53-40-49(71(7,8)9)37-50(41-53)72(10,11)12)67-35-46(34-66(80)68(67)74)45-27-31-63-57(33-45)55-20-14-17-23-61(55)82(63)62-30-26-44(43-78)32-56(62)54-29-28-51(79-13)42-58(54)73(75,76)77/h14-42H,1-12H3. The lowest BCUT2D eigenvalue weighted by Crippen LogP contribution is -2.61. The Morgan fingerprint density at radius 1 is 0.451 bits per heavy atom. The average Bonchev–Trinajstić information content (AvgIpc) is 1.30. The average molecular weight is 1080 g/mol. The van der Waals surface area contributed by atoms with Gasteiger partial charge in [-0.2, -0.15) is 18.4 Å². The largest absolute Gasteiger partial charge is 0.415 e. The van der Waals surface area contributed by atoms with Gasteiger partial charge in [-0.25, -0.2) is 4.85 Å². The molecule has 0 bridgehead atoms. The molecule has 82 heavy (non-hydrogen) atoms. The summed E-state index contributed by atoms with van der Waals surface area (Å²) in [6.45, 7) is 34.9. The number of nitriles is 1. The minimum absolute atomic E-state index is 0.0998. The smallest absolute Gasteiger partial charge is 0.311 e. The van der Waals surface area contributed by atoms with Gasteiger partial charge in [0, 0.05) is 50.5 Å². The molecule has 0 saturated heterocycles. The second-order valence-corrected chi connectivity index (χ2v) is 26.5. The summed E-state index contributed by atoms with van der Waals surface area (Å²) < 4.78 is 47.2. The first-order chi connectivity index (χ1) is 38.7. The SMILES string of the molecule is [C-]#[N+]c1ccc(-c2cc(C#N)ccc2-n2c3ccccc3c3cc(-c4cc5c6c(c4)N(c4cc(C(C)(C)C)cc(C(C)(C)C)c4)c4ccccc4B6c4ccccc4N5c4cc(C(C)(C)C)cc(C(C)(C)C)c4)ccc32)c(C(F)(F)F)c1. The van der Waals surface area contributed by atoms with E-state index in [2.05, 4.69) is 225 Å². The van der Waals surface area contributed by atoms with E-state index in [9.17, 15) is 5.26 Å². The molecule has 5 nitrogen and oxygen atoms in total. The number of aromatic nitrogens is 1. The van der Waals surface area contributed by atoms with Crippen molar-refractivity contribution in [2.45, 2.75) is 111 Å². The predicted octanol–water partition coefficient (Wildman–Crippen LogP) is 18.8.